The third-order valence-electron chi connectivity index (χ3n) is 5.00. The zero-order valence-corrected chi connectivity index (χ0v) is 18.2. The van der Waals surface area contributed by atoms with Crippen LogP contribution in [0.2, 0.25) is 0 Å². The average Bonchev–Trinajstić information content (AvgIpc) is 2.92. The number of aryl methyl sites for hydroxylation is 2. The molecule has 0 bridgehead atoms. The first-order chi connectivity index (χ1) is 14.5. The lowest BCUT2D eigenvalue weighted by Gasteiger charge is -2.29. The molecule has 3 heterocycles. The van der Waals surface area contributed by atoms with Gasteiger partial charge in [0.05, 0.1) is 6.61 Å². The zero-order valence-electron chi connectivity index (χ0n) is 16.5. The van der Waals surface area contributed by atoms with Gasteiger partial charge < -0.3 is 19.5 Å². The number of halogens is 1. The second-order valence-corrected chi connectivity index (χ2v) is 9.38. The van der Waals surface area contributed by atoms with Gasteiger partial charge in [0.1, 0.15) is 24.6 Å². The van der Waals surface area contributed by atoms with E-state index in [0.29, 0.717) is 16.9 Å². The fraction of sp³-hybridized carbons (Fsp3) is 0.444. The van der Waals surface area contributed by atoms with Gasteiger partial charge in [0.2, 0.25) is 0 Å². The highest BCUT2D eigenvalue weighted by Gasteiger charge is 2.57. The van der Waals surface area contributed by atoms with E-state index in [0.717, 1.165) is 16.2 Å². The van der Waals surface area contributed by atoms with Gasteiger partial charge in [-0.15, -0.1) is 0 Å². The maximum absolute atomic E-state index is 15.3. The summed E-state index contributed by atoms with van der Waals surface area (Å²) in [6, 6.07) is 4.72. The van der Waals surface area contributed by atoms with Gasteiger partial charge in [0.15, 0.2) is 11.0 Å². The molecule has 0 radical (unpaired) electrons. The van der Waals surface area contributed by atoms with Crippen molar-refractivity contribution in [1.82, 2.24) is 9.55 Å². The third-order valence-corrected chi connectivity index (χ3v) is 6.61. The van der Waals surface area contributed by atoms with Gasteiger partial charge >= 0.3 is 7.82 Å². The summed E-state index contributed by atoms with van der Waals surface area (Å²) in [6.07, 6.45) is -4.11. The number of alkyl halides is 1. The maximum atomic E-state index is 15.3. The van der Waals surface area contributed by atoms with Gasteiger partial charge in [-0.05, 0) is 31.6 Å². The Morgan fingerprint density at radius 3 is 2.87 bits per heavy atom. The van der Waals surface area contributed by atoms with E-state index in [1.807, 2.05) is 13.0 Å². The number of phosphoric acid groups is 1. The van der Waals surface area contributed by atoms with Crippen LogP contribution in [0, 0.1) is 18.6 Å². The van der Waals surface area contributed by atoms with Crippen LogP contribution in [0.25, 0.3) is 0 Å². The number of aromatic nitrogens is 2. The summed E-state index contributed by atoms with van der Waals surface area (Å²) in [5.74, 6) is -2.64. The number of H-pyrrole nitrogens is 1. The molecule has 2 aromatic rings. The predicted octanol–water partition coefficient (Wildman–Crippen LogP) is 2.17. The predicted molar refractivity (Wildman–Crippen MR) is 107 cm³/mol. The number of rotatable bonds is 4. The Morgan fingerprint density at radius 2 is 2.16 bits per heavy atom. The fourth-order valence-corrected chi connectivity index (χ4v) is 5.08. The summed E-state index contributed by atoms with van der Waals surface area (Å²) >= 11 is 4.98. The minimum Gasteiger partial charge on any atom is -0.403 e. The molecule has 2 aliphatic heterocycles. The molecule has 5 atom stereocenters. The van der Waals surface area contributed by atoms with Gasteiger partial charge in [-0.2, -0.15) is 0 Å². The number of aromatic amines is 1. The molecule has 13 heteroatoms. The number of nitrogens with one attached hydrogen (secondary N) is 1. The Hall–Kier alpha value is -1.92. The third kappa shape index (κ3) is 4.12. The van der Waals surface area contributed by atoms with Crippen LogP contribution in [0.1, 0.15) is 22.9 Å². The number of aliphatic hydroxyl groups is 2. The van der Waals surface area contributed by atoms with Crippen LogP contribution in [-0.4, -0.2) is 44.4 Å². The molecule has 2 aliphatic rings. The average molecular weight is 474 g/mol. The molecule has 1 aromatic heterocycles. The van der Waals surface area contributed by atoms with Gasteiger partial charge in [-0.1, -0.05) is 17.7 Å². The molecule has 168 valence electrons. The summed E-state index contributed by atoms with van der Waals surface area (Å²) in [5, 5.41) is 20.5. The smallest absolute Gasteiger partial charge is 0.403 e. The molecule has 4 rings (SSSR count). The van der Waals surface area contributed by atoms with Crippen molar-refractivity contribution < 1.29 is 37.5 Å². The van der Waals surface area contributed by atoms with Crippen LogP contribution in [0.15, 0.2) is 29.2 Å². The Balaban J connectivity index is 1.52. The first-order valence-electron chi connectivity index (χ1n) is 9.24. The van der Waals surface area contributed by atoms with Crippen LogP contribution in [0.4, 0.5) is 4.39 Å². The van der Waals surface area contributed by atoms with E-state index in [9.17, 15) is 19.6 Å². The summed E-state index contributed by atoms with van der Waals surface area (Å²) in [7, 11) is -4.22. The Morgan fingerprint density at radius 1 is 1.42 bits per heavy atom. The standard InChI is InChI=1S/C18H20FN2O8PS/c1-9-5-10(2)14-11(6-9)7-26-30(25,29-14)27-8-18(19)15(24)13(23)16(28-18)21-4-3-12(22)20-17(21)31/h3-6,13,15-16,23-24H,7-8H2,1-2H3,(H,20,22,31)/t13-,15+,16-,18-,30?/m1/s1. The number of hydrogen-bond donors (Lipinski definition) is 3. The number of hydrogen-bond acceptors (Lipinski definition) is 9. The van der Waals surface area contributed by atoms with E-state index in [4.69, 9.17) is 30.5 Å². The minimum atomic E-state index is -4.22. The quantitative estimate of drug-likeness (QED) is 0.451. The molecular weight excluding hydrogens is 454 g/mol. The molecule has 10 nitrogen and oxygen atoms in total. The van der Waals surface area contributed by atoms with Crippen LogP contribution in [-0.2, 0) is 25.0 Å². The lowest BCUT2D eigenvalue weighted by atomic mass is 10.1. The van der Waals surface area contributed by atoms with E-state index in [1.54, 1.807) is 13.0 Å². The molecule has 0 saturated carbocycles. The van der Waals surface area contributed by atoms with Crippen molar-refractivity contribution in [3.8, 4) is 5.75 Å². The van der Waals surface area contributed by atoms with E-state index in [-0.39, 0.29) is 11.4 Å². The fourth-order valence-electron chi connectivity index (χ4n) is 3.52. The summed E-state index contributed by atoms with van der Waals surface area (Å²) in [5.41, 5.74) is 1.84. The number of phosphoric ester groups is 1. The summed E-state index contributed by atoms with van der Waals surface area (Å²) < 4.78 is 50.0. The number of benzene rings is 1. The highest BCUT2D eigenvalue weighted by atomic mass is 32.1. The van der Waals surface area contributed by atoms with Crippen LogP contribution in [0.3, 0.4) is 0 Å². The van der Waals surface area contributed by atoms with Crippen LogP contribution in [0.5, 0.6) is 5.75 Å². The Kier molecular flexibility index (Phi) is 5.67. The lowest BCUT2D eigenvalue weighted by Crippen LogP contribution is -2.43. The van der Waals surface area contributed by atoms with Crippen LogP contribution < -0.4 is 10.1 Å². The SMILES string of the molecule is Cc1cc(C)c2c(c1)COP(=O)(OC[C@@]1(F)O[C@@H](n3ccc(=O)[nH]c3=S)[C@H](O)[C@@H]1O)O2. The molecule has 0 spiro atoms. The monoisotopic (exact) mass is 474 g/mol. The summed E-state index contributed by atoms with van der Waals surface area (Å²) in [4.78, 5) is 13.6. The van der Waals surface area contributed by atoms with E-state index < -0.39 is 44.3 Å². The Labute approximate surface area is 180 Å². The second-order valence-electron chi connectivity index (χ2n) is 7.40. The molecule has 1 unspecified atom stereocenters. The van der Waals surface area contributed by atoms with Crippen molar-refractivity contribution >= 4 is 20.0 Å². The maximum Gasteiger partial charge on any atom is 0.530 e. The van der Waals surface area contributed by atoms with E-state index in [2.05, 4.69) is 4.98 Å². The molecular formula is C18H20FN2O8PS. The normalized spacial score (nSPS) is 32.5. The molecule has 31 heavy (non-hydrogen) atoms. The van der Waals surface area contributed by atoms with Crippen molar-refractivity contribution in [2.75, 3.05) is 6.61 Å². The van der Waals surface area contributed by atoms with Gasteiger partial charge in [0, 0.05) is 17.8 Å². The molecule has 0 aliphatic carbocycles. The molecule has 1 saturated heterocycles. The Bertz CT molecular complexity index is 1190. The van der Waals surface area contributed by atoms with Gasteiger partial charge in [-0.3, -0.25) is 23.4 Å². The lowest BCUT2D eigenvalue weighted by molar-refractivity contribution is -0.205. The van der Waals surface area contributed by atoms with Crippen molar-refractivity contribution in [2.45, 2.75) is 44.7 Å². The van der Waals surface area contributed by atoms with Crippen molar-refractivity contribution in [3.63, 3.8) is 0 Å². The van der Waals surface area contributed by atoms with Crippen molar-refractivity contribution in [2.24, 2.45) is 0 Å². The van der Waals surface area contributed by atoms with E-state index in [1.165, 1.54) is 6.20 Å². The zero-order chi connectivity index (χ0) is 22.6. The number of nitrogens with zero attached hydrogens (tertiary/aromatic N) is 1. The molecule has 0 amide bonds. The molecule has 1 aromatic carbocycles. The molecule has 1 fully saturated rings. The molecule has 3 N–H and O–H groups in total. The van der Waals surface area contributed by atoms with Crippen molar-refractivity contribution in [3.05, 3.63) is 56.2 Å². The van der Waals surface area contributed by atoms with E-state index >= 15 is 4.39 Å². The van der Waals surface area contributed by atoms with Gasteiger partial charge in [-0.25, -0.2) is 8.96 Å². The van der Waals surface area contributed by atoms with Crippen LogP contribution >= 0.6 is 20.0 Å². The highest BCUT2D eigenvalue weighted by Crippen LogP contribution is 2.56. The number of aliphatic hydroxyl groups excluding tert-OH is 2. The minimum absolute atomic E-state index is 0.0738. The summed E-state index contributed by atoms with van der Waals surface area (Å²) in [6.45, 7) is 2.52. The van der Waals surface area contributed by atoms with Crippen molar-refractivity contribution in [1.29, 1.82) is 0 Å². The second kappa shape index (κ2) is 7.89. The first-order valence-corrected chi connectivity index (χ1v) is 11.1. The largest absolute Gasteiger partial charge is 0.530 e. The number of fused-ring (bicyclic) bond motifs is 1. The topological polar surface area (TPSA) is 132 Å². The van der Waals surface area contributed by atoms with Gasteiger partial charge in [0.25, 0.3) is 11.4 Å². The first kappa shape index (κ1) is 22.3. The number of ether oxygens (including phenoxy) is 1. The highest BCUT2D eigenvalue weighted by molar-refractivity contribution is 7.71.